The van der Waals surface area contributed by atoms with Gasteiger partial charge >= 0.3 is 0 Å². The Morgan fingerprint density at radius 1 is 1.05 bits per heavy atom. The maximum Gasteiger partial charge on any atom is 0.269 e. The van der Waals surface area contributed by atoms with Crippen molar-refractivity contribution in [2.24, 2.45) is 0 Å². The molecule has 0 aliphatic rings. The quantitative estimate of drug-likeness (QED) is 0.650. The molecule has 0 bridgehead atoms. The van der Waals surface area contributed by atoms with Crippen molar-refractivity contribution >= 4 is 5.69 Å². The normalized spacial score (nSPS) is 10.8. The van der Waals surface area contributed by atoms with Gasteiger partial charge in [-0.05, 0) is 17.2 Å². The third-order valence-electron chi connectivity index (χ3n) is 3.01. The number of rotatable bonds is 6. The fraction of sp³-hybridized carbons (Fsp3) is 0.200. The molecule has 6 heteroatoms. The van der Waals surface area contributed by atoms with Gasteiger partial charge < -0.3 is 5.32 Å². The topological polar surface area (TPSA) is 55.2 Å². The third kappa shape index (κ3) is 4.32. The number of alkyl halides is 2. The number of nitro benzene ring substituents is 1. The molecule has 2 aromatic carbocycles. The summed E-state index contributed by atoms with van der Waals surface area (Å²) in [4.78, 5) is 10.1. The van der Waals surface area contributed by atoms with E-state index >= 15 is 0 Å². The van der Waals surface area contributed by atoms with Crippen molar-refractivity contribution in [3.8, 4) is 0 Å². The highest BCUT2D eigenvalue weighted by Crippen LogP contribution is 2.19. The SMILES string of the molecule is O=[N+]([O-])c1ccc(CNCc2cccc(C(F)F)c2)cc1. The van der Waals surface area contributed by atoms with Crippen LogP contribution < -0.4 is 5.32 Å². The summed E-state index contributed by atoms with van der Waals surface area (Å²) in [6, 6.07) is 12.4. The summed E-state index contributed by atoms with van der Waals surface area (Å²) in [7, 11) is 0. The maximum absolute atomic E-state index is 12.6. The zero-order chi connectivity index (χ0) is 15.2. The second-order valence-electron chi connectivity index (χ2n) is 4.57. The summed E-state index contributed by atoms with van der Waals surface area (Å²) < 4.78 is 25.1. The third-order valence-corrected chi connectivity index (χ3v) is 3.01. The lowest BCUT2D eigenvalue weighted by atomic mass is 10.1. The molecule has 2 aromatic rings. The number of nitrogens with one attached hydrogen (secondary N) is 1. The molecule has 110 valence electrons. The van der Waals surface area contributed by atoms with E-state index in [1.807, 2.05) is 0 Å². The summed E-state index contributed by atoms with van der Waals surface area (Å²) in [5, 5.41) is 13.6. The molecule has 0 fully saturated rings. The molecule has 0 radical (unpaired) electrons. The molecule has 0 heterocycles. The molecule has 0 spiro atoms. The summed E-state index contributed by atoms with van der Waals surface area (Å²) in [6.45, 7) is 0.967. The van der Waals surface area contributed by atoms with Crippen molar-refractivity contribution in [2.75, 3.05) is 0 Å². The highest BCUT2D eigenvalue weighted by atomic mass is 19.3. The minimum absolute atomic E-state index is 0.00429. The van der Waals surface area contributed by atoms with Gasteiger partial charge in [-0.1, -0.05) is 30.3 Å². The standard InChI is InChI=1S/C15H14F2N2O2/c16-15(17)13-3-1-2-12(8-13)10-18-9-11-4-6-14(7-5-11)19(20)21/h1-8,15,18H,9-10H2. The number of nitro groups is 1. The molecule has 0 aliphatic carbocycles. The summed E-state index contributed by atoms with van der Waals surface area (Å²) in [5.41, 5.74) is 1.72. The zero-order valence-electron chi connectivity index (χ0n) is 11.1. The predicted octanol–water partition coefficient (Wildman–Crippen LogP) is 3.82. The smallest absolute Gasteiger partial charge is 0.269 e. The average Bonchev–Trinajstić information content (AvgIpc) is 2.48. The van der Waals surface area contributed by atoms with E-state index in [-0.39, 0.29) is 11.3 Å². The van der Waals surface area contributed by atoms with E-state index in [1.165, 1.54) is 24.3 Å². The van der Waals surface area contributed by atoms with Crippen molar-refractivity contribution in [3.05, 3.63) is 75.3 Å². The van der Waals surface area contributed by atoms with Crippen LogP contribution in [-0.4, -0.2) is 4.92 Å². The Morgan fingerprint density at radius 3 is 2.33 bits per heavy atom. The van der Waals surface area contributed by atoms with Crippen molar-refractivity contribution in [1.29, 1.82) is 0 Å². The van der Waals surface area contributed by atoms with Gasteiger partial charge in [0.1, 0.15) is 0 Å². The Labute approximate surface area is 120 Å². The number of halogens is 2. The van der Waals surface area contributed by atoms with Gasteiger partial charge in [0.15, 0.2) is 0 Å². The molecular weight excluding hydrogens is 278 g/mol. The van der Waals surface area contributed by atoms with Gasteiger partial charge in [-0.15, -0.1) is 0 Å². The van der Waals surface area contributed by atoms with Crippen LogP contribution in [0.25, 0.3) is 0 Å². The van der Waals surface area contributed by atoms with Crippen LogP contribution in [0.5, 0.6) is 0 Å². The molecule has 0 saturated carbocycles. The molecular formula is C15H14F2N2O2. The zero-order valence-corrected chi connectivity index (χ0v) is 11.1. The Kier molecular flexibility index (Phi) is 4.94. The van der Waals surface area contributed by atoms with Gasteiger partial charge in [-0.3, -0.25) is 10.1 Å². The molecule has 21 heavy (non-hydrogen) atoms. The molecule has 0 unspecified atom stereocenters. The van der Waals surface area contributed by atoms with Crippen LogP contribution in [0.4, 0.5) is 14.5 Å². The maximum atomic E-state index is 12.6. The Balaban J connectivity index is 1.89. The fourth-order valence-electron chi connectivity index (χ4n) is 1.93. The molecule has 2 rings (SSSR count). The van der Waals surface area contributed by atoms with E-state index in [4.69, 9.17) is 0 Å². The van der Waals surface area contributed by atoms with Crippen LogP contribution >= 0.6 is 0 Å². The van der Waals surface area contributed by atoms with Crippen LogP contribution in [0.2, 0.25) is 0 Å². The number of hydrogen-bond acceptors (Lipinski definition) is 3. The number of nitrogens with zero attached hydrogens (tertiary/aromatic N) is 1. The lowest BCUT2D eigenvalue weighted by molar-refractivity contribution is -0.384. The van der Waals surface area contributed by atoms with E-state index in [2.05, 4.69) is 5.32 Å². The minimum Gasteiger partial charge on any atom is -0.309 e. The Morgan fingerprint density at radius 2 is 1.71 bits per heavy atom. The second kappa shape index (κ2) is 6.90. The van der Waals surface area contributed by atoms with Gasteiger partial charge in [0.2, 0.25) is 0 Å². The molecule has 0 amide bonds. The molecule has 4 nitrogen and oxygen atoms in total. The molecule has 0 atom stereocenters. The van der Waals surface area contributed by atoms with E-state index in [9.17, 15) is 18.9 Å². The molecule has 0 aliphatic heterocycles. The summed E-state index contributed by atoms with van der Waals surface area (Å²) >= 11 is 0. The first-order chi connectivity index (χ1) is 10.1. The van der Waals surface area contributed by atoms with Gasteiger partial charge in [-0.25, -0.2) is 8.78 Å². The number of benzene rings is 2. The van der Waals surface area contributed by atoms with E-state index in [0.717, 1.165) is 11.1 Å². The second-order valence-corrected chi connectivity index (χ2v) is 4.57. The van der Waals surface area contributed by atoms with Gasteiger partial charge in [0, 0.05) is 30.8 Å². The van der Waals surface area contributed by atoms with E-state index in [0.29, 0.717) is 13.1 Å². The first-order valence-electron chi connectivity index (χ1n) is 6.37. The molecule has 0 aromatic heterocycles. The molecule has 0 saturated heterocycles. The van der Waals surface area contributed by atoms with Crippen LogP contribution in [0.15, 0.2) is 48.5 Å². The lowest BCUT2D eigenvalue weighted by Crippen LogP contribution is -2.12. The highest BCUT2D eigenvalue weighted by molar-refractivity contribution is 5.32. The largest absolute Gasteiger partial charge is 0.309 e. The van der Waals surface area contributed by atoms with E-state index < -0.39 is 11.3 Å². The lowest BCUT2D eigenvalue weighted by Gasteiger charge is -2.07. The molecule has 1 N–H and O–H groups in total. The van der Waals surface area contributed by atoms with Crippen LogP contribution in [0.3, 0.4) is 0 Å². The van der Waals surface area contributed by atoms with Gasteiger partial charge in [0.25, 0.3) is 12.1 Å². The summed E-state index contributed by atoms with van der Waals surface area (Å²) in [6.07, 6.45) is -2.47. The number of non-ortho nitro benzene ring substituents is 1. The monoisotopic (exact) mass is 292 g/mol. The predicted molar refractivity (Wildman–Crippen MR) is 75.0 cm³/mol. The highest BCUT2D eigenvalue weighted by Gasteiger charge is 2.07. The van der Waals surface area contributed by atoms with E-state index in [1.54, 1.807) is 24.3 Å². The number of hydrogen-bond donors (Lipinski definition) is 1. The minimum atomic E-state index is -2.47. The Hall–Kier alpha value is -2.34. The van der Waals surface area contributed by atoms with Gasteiger partial charge in [0.05, 0.1) is 4.92 Å². The first kappa shape index (κ1) is 15.1. The average molecular weight is 292 g/mol. The van der Waals surface area contributed by atoms with Crippen LogP contribution in [-0.2, 0) is 13.1 Å². The van der Waals surface area contributed by atoms with Crippen molar-refractivity contribution in [3.63, 3.8) is 0 Å². The first-order valence-corrected chi connectivity index (χ1v) is 6.37. The van der Waals surface area contributed by atoms with Crippen LogP contribution in [0, 0.1) is 10.1 Å². The fourth-order valence-corrected chi connectivity index (χ4v) is 1.93. The van der Waals surface area contributed by atoms with Crippen molar-refractivity contribution in [2.45, 2.75) is 19.5 Å². The van der Waals surface area contributed by atoms with Crippen molar-refractivity contribution in [1.82, 2.24) is 5.32 Å². The van der Waals surface area contributed by atoms with Gasteiger partial charge in [-0.2, -0.15) is 0 Å². The Bertz CT molecular complexity index is 615. The van der Waals surface area contributed by atoms with Crippen LogP contribution in [0.1, 0.15) is 23.1 Å². The van der Waals surface area contributed by atoms with Crippen molar-refractivity contribution < 1.29 is 13.7 Å². The summed E-state index contributed by atoms with van der Waals surface area (Å²) in [5.74, 6) is 0.